The summed E-state index contributed by atoms with van der Waals surface area (Å²) >= 11 is 9.14. The van der Waals surface area contributed by atoms with E-state index in [1.165, 1.54) is 0 Å². The molecule has 2 nitrogen and oxygen atoms in total. The van der Waals surface area contributed by atoms with Crippen molar-refractivity contribution in [3.63, 3.8) is 0 Å². The van der Waals surface area contributed by atoms with Gasteiger partial charge in [-0.05, 0) is 35.4 Å². The van der Waals surface area contributed by atoms with Crippen LogP contribution in [0, 0.1) is 0 Å². The van der Waals surface area contributed by atoms with Crippen LogP contribution in [0.5, 0.6) is 11.5 Å². The maximum Gasteiger partial charge on any atom is 0.118 e. The van der Waals surface area contributed by atoms with Gasteiger partial charge in [0.05, 0.1) is 14.2 Å². The van der Waals surface area contributed by atoms with Crippen LogP contribution in [0.15, 0.2) is 48.5 Å². The van der Waals surface area contributed by atoms with Gasteiger partial charge in [0.2, 0.25) is 0 Å². The van der Waals surface area contributed by atoms with Crippen molar-refractivity contribution >= 4 is 35.1 Å². The zero-order chi connectivity index (χ0) is 14.5. The zero-order valence-corrected chi connectivity index (χ0v) is 15.0. The summed E-state index contributed by atoms with van der Waals surface area (Å²) in [5.74, 6) is 1.64. The van der Waals surface area contributed by atoms with E-state index in [0.717, 1.165) is 32.4 Å². The Morgan fingerprint density at radius 1 is 0.667 bits per heavy atom. The Balaban J connectivity index is 0.00000220. The van der Waals surface area contributed by atoms with Gasteiger partial charge in [-0.25, -0.2) is 0 Å². The molecule has 0 N–H and O–H groups in total. The normalized spacial score (nSPS) is 11.2. The smallest absolute Gasteiger partial charge is 0.118 e. The average molecular weight is 411 g/mol. The Kier molecular flexibility index (Phi) is 7.41. The maximum atomic E-state index is 5.15. The first-order chi connectivity index (χ1) is 9.65. The predicted molar refractivity (Wildman–Crippen MR) is 90.8 cm³/mol. The number of methoxy groups -OCH3 is 2. The van der Waals surface area contributed by atoms with E-state index in [9.17, 15) is 0 Å². The number of thiol groups is 2. The van der Waals surface area contributed by atoms with Crippen molar-refractivity contribution in [3.8, 4) is 11.5 Å². The molecule has 0 saturated carbocycles. The van der Waals surface area contributed by atoms with Crippen LogP contribution in [-0.2, 0) is 20.4 Å². The molecule has 0 unspecified atom stereocenters. The Morgan fingerprint density at radius 3 is 1.19 bits per heavy atom. The first-order valence-corrected chi connectivity index (χ1v) is 6.96. The Morgan fingerprint density at radius 2 is 0.952 bits per heavy atom. The predicted octanol–water partition coefficient (Wildman–Crippen LogP) is 4.39. The molecule has 0 spiro atoms. The Hall–Kier alpha value is -0.858. The number of hydrogen-bond acceptors (Lipinski definition) is 4. The fraction of sp³-hybridized carbons (Fsp3) is 0.125. The molecule has 0 radical (unpaired) electrons. The topological polar surface area (TPSA) is 18.5 Å². The van der Waals surface area contributed by atoms with Crippen LogP contribution in [0.25, 0.3) is 9.81 Å². The summed E-state index contributed by atoms with van der Waals surface area (Å²) in [5.41, 5.74) is 1.99. The molecule has 0 fully saturated rings. The zero-order valence-electron chi connectivity index (χ0n) is 11.6. The van der Waals surface area contributed by atoms with E-state index in [0.29, 0.717) is 0 Å². The van der Waals surface area contributed by atoms with E-state index < -0.39 is 0 Å². The van der Waals surface area contributed by atoms with E-state index in [2.05, 4.69) is 25.3 Å². The molecule has 2 aromatic rings. The summed E-state index contributed by atoms with van der Waals surface area (Å²) in [6.45, 7) is 0. The SMILES string of the molecule is COc1ccc(/C(S)=C(\S)c2ccc(OC)cc2)cc1.[Pd]. The van der Waals surface area contributed by atoms with Crippen LogP contribution in [0.1, 0.15) is 11.1 Å². The van der Waals surface area contributed by atoms with E-state index in [1.54, 1.807) is 14.2 Å². The maximum absolute atomic E-state index is 5.15. The van der Waals surface area contributed by atoms with Crippen molar-refractivity contribution in [1.82, 2.24) is 0 Å². The van der Waals surface area contributed by atoms with Gasteiger partial charge in [0.25, 0.3) is 0 Å². The molecule has 0 aliphatic rings. The Bertz CT molecular complexity index is 552. The summed E-state index contributed by atoms with van der Waals surface area (Å²) in [4.78, 5) is 1.64. The van der Waals surface area contributed by atoms with Crippen LogP contribution in [0.2, 0.25) is 0 Å². The van der Waals surface area contributed by atoms with Gasteiger partial charge in [0.15, 0.2) is 0 Å². The second-order valence-corrected chi connectivity index (χ2v) is 5.05. The summed E-state index contributed by atoms with van der Waals surface area (Å²) < 4.78 is 10.3. The van der Waals surface area contributed by atoms with Gasteiger partial charge < -0.3 is 9.47 Å². The third kappa shape index (κ3) is 4.55. The van der Waals surface area contributed by atoms with Crippen molar-refractivity contribution in [2.24, 2.45) is 0 Å². The van der Waals surface area contributed by atoms with Crippen LogP contribution in [-0.4, -0.2) is 14.2 Å². The van der Waals surface area contributed by atoms with Crippen molar-refractivity contribution in [2.75, 3.05) is 14.2 Å². The molecule has 0 atom stereocenters. The quantitative estimate of drug-likeness (QED) is 0.442. The largest absolute Gasteiger partial charge is 0.497 e. The summed E-state index contributed by atoms with van der Waals surface area (Å²) in [6.07, 6.45) is 0. The first-order valence-electron chi connectivity index (χ1n) is 6.06. The third-order valence-electron chi connectivity index (χ3n) is 2.95. The molecule has 0 bridgehead atoms. The minimum Gasteiger partial charge on any atom is -0.497 e. The number of benzene rings is 2. The monoisotopic (exact) mass is 410 g/mol. The van der Waals surface area contributed by atoms with Gasteiger partial charge in [-0.1, -0.05) is 24.3 Å². The van der Waals surface area contributed by atoms with Gasteiger partial charge in [-0.3, -0.25) is 0 Å². The number of rotatable bonds is 4. The molecule has 114 valence electrons. The molecule has 0 aromatic heterocycles. The molecule has 2 rings (SSSR count). The van der Waals surface area contributed by atoms with Gasteiger partial charge in [0.1, 0.15) is 11.5 Å². The van der Waals surface area contributed by atoms with Gasteiger partial charge in [-0.2, -0.15) is 0 Å². The second kappa shape index (κ2) is 8.55. The molecule has 21 heavy (non-hydrogen) atoms. The molecule has 0 aliphatic carbocycles. The summed E-state index contributed by atoms with van der Waals surface area (Å²) in [5, 5.41) is 0. The van der Waals surface area contributed by atoms with Gasteiger partial charge in [-0.15, -0.1) is 25.3 Å². The van der Waals surface area contributed by atoms with Crippen molar-refractivity contribution in [1.29, 1.82) is 0 Å². The molecule has 0 heterocycles. The minimum atomic E-state index is 0. The minimum absolute atomic E-state index is 0. The molecule has 0 saturated heterocycles. The summed E-state index contributed by atoms with van der Waals surface area (Å²) in [7, 11) is 3.29. The number of hydrogen-bond donors (Lipinski definition) is 2. The van der Waals surface area contributed by atoms with Gasteiger partial charge >= 0.3 is 0 Å². The van der Waals surface area contributed by atoms with E-state index in [4.69, 9.17) is 9.47 Å². The van der Waals surface area contributed by atoms with Crippen molar-refractivity contribution < 1.29 is 29.9 Å². The fourth-order valence-corrected chi connectivity index (χ4v) is 2.33. The Labute approximate surface area is 150 Å². The van der Waals surface area contributed by atoms with Crippen LogP contribution in [0.4, 0.5) is 0 Å². The van der Waals surface area contributed by atoms with Crippen LogP contribution in [0.3, 0.4) is 0 Å². The average Bonchev–Trinajstić information content (AvgIpc) is 2.53. The van der Waals surface area contributed by atoms with Crippen LogP contribution >= 0.6 is 25.3 Å². The van der Waals surface area contributed by atoms with E-state index in [1.807, 2.05) is 48.5 Å². The third-order valence-corrected chi connectivity index (χ3v) is 4.09. The van der Waals surface area contributed by atoms with E-state index in [-0.39, 0.29) is 20.4 Å². The standard InChI is InChI=1S/C16H16O2S2.Pd/c1-17-13-7-3-11(4-8-13)15(19)16(20)12-5-9-14(18-2)10-6-12;/h3-10,19-20H,1-2H3;/b16-15+;. The van der Waals surface area contributed by atoms with Gasteiger partial charge in [0, 0.05) is 30.2 Å². The summed E-state index contributed by atoms with van der Waals surface area (Å²) in [6, 6.07) is 15.5. The molecule has 0 aliphatic heterocycles. The number of ether oxygens (including phenoxy) is 2. The molecular weight excluding hydrogens is 395 g/mol. The molecule has 2 aromatic carbocycles. The molecule has 0 amide bonds. The second-order valence-electron chi connectivity index (χ2n) is 4.15. The molecule has 5 heteroatoms. The fourth-order valence-electron chi connectivity index (χ4n) is 1.77. The van der Waals surface area contributed by atoms with Crippen molar-refractivity contribution in [2.45, 2.75) is 0 Å². The van der Waals surface area contributed by atoms with Crippen LogP contribution < -0.4 is 9.47 Å². The van der Waals surface area contributed by atoms with E-state index >= 15 is 0 Å². The molecular formula is C16H16O2PdS2. The first kappa shape index (κ1) is 18.2. The van der Waals surface area contributed by atoms with Crippen molar-refractivity contribution in [3.05, 3.63) is 59.7 Å².